The molecule has 1 N–H and O–H groups in total. The Kier molecular flexibility index (Phi) is 2.92. The summed E-state index contributed by atoms with van der Waals surface area (Å²) >= 11 is 0. The van der Waals surface area contributed by atoms with Gasteiger partial charge in [-0.1, -0.05) is 42.5 Å². The zero-order valence-electron chi connectivity index (χ0n) is 10.9. The van der Waals surface area contributed by atoms with Crippen molar-refractivity contribution in [3.8, 4) is 0 Å². The lowest BCUT2D eigenvalue weighted by Gasteiger charge is -2.16. The molecular formula is C17H16N2. The Morgan fingerprint density at radius 2 is 1.79 bits per heavy atom. The van der Waals surface area contributed by atoms with Gasteiger partial charge in [-0.25, -0.2) is 0 Å². The maximum absolute atomic E-state index is 7.47. The van der Waals surface area contributed by atoms with Crippen LogP contribution in [0.5, 0.6) is 0 Å². The van der Waals surface area contributed by atoms with E-state index in [1.54, 1.807) is 0 Å². The summed E-state index contributed by atoms with van der Waals surface area (Å²) in [6.45, 7) is 2.20. The molecule has 2 aromatic carbocycles. The second kappa shape index (κ2) is 4.73. The van der Waals surface area contributed by atoms with Crippen molar-refractivity contribution in [1.29, 1.82) is 5.41 Å². The van der Waals surface area contributed by atoms with Gasteiger partial charge in [0.2, 0.25) is 0 Å². The van der Waals surface area contributed by atoms with E-state index in [9.17, 15) is 0 Å². The lowest BCUT2D eigenvalue weighted by molar-refractivity contribution is 0.664. The molecule has 0 aliphatic carbocycles. The Hall–Kier alpha value is -2.35. The quantitative estimate of drug-likeness (QED) is 0.671. The summed E-state index contributed by atoms with van der Waals surface area (Å²) in [7, 11) is 0. The predicted octanol–water partition coefficient (Wildman–Crippen LogP) is 4.25. The lowest BCUT2D eigenvalue weighted by Crippen LogP contribution is -2.04. The van der Waals surface area contributed by atoms with Gasteiger partial charge >= 0.3 is 0 Å². The molecule has 2 nitrogen and oxygen atoms in total. The summed E-state index contributed by atoms with van der Waals surface area (Å²) < 4.78 is 2.26. The smallest absolute Gasteiger partial charge is 0.0557 e. The molecule has 0 fully saturated rings. The number of fused-ring (bicyclic) bond motifs is 1. The van der Waals surface area contributed by atoms with Crippen LogP contribution >= 0.6 is 0 Å². The van der Waals surface area contributed by atoms with E-state index in [-0.39, 0.29) is 0 Å². The van der Waals surface area contributed by atoms with Crippen LogP contribution in [0.15, 0.2) is 60.8 Å². The molecule has 0 aliphatic rings. The molecule has 94 valence electrons. The molecule has 1 heterocycles. The van der Waals surface area contributed by atoms with Crippen molar-refractivity contribution >= 4 is 17.1 Å². The zero-order valence-corrected chi connectivity index (χ0v) is 10.9. The number of rotatable bonds is 3. The topological polar surface area (TPSA) is 28.8 Å². The lowest BCUT2D eigenvalue weighted by atomic mass is 10.1. The second-order valence-electron chi connectivity index (χ2n) is 4.73. The van der Waals surface area contributed by atoms with Gasteiger partial charge < -0.3 is 9.98 Å². The van der Waals surface area contributed by atoms with Gasteiger partial charge in [-0.15, -0.1) is 0 Å². The van der Waals surface area contributed by atoms with Crippen LogP contribution in [0.2, 0.25) is 0 Å². The molecule has 0 saturated heterocycles. The Bertz CT molecular complexity index is 710. The molecule has 0 amide bonds. The van der Waals surface area contributed by atoms with Crippen LogP contribution in [-0.4, -0.2) is 10.8 Å². The first-order valence-electron chi connectivity index (χ1n) is 6.46. The third kappa shape index (κ3) is 1.95. The van der Waals surface area contributed by atoms with E-state index < -0.39 is 0 Å². The van der Waals surface area contributed by atoms with Gasteiger partial charge in [0.15, 0.2) is 0 Å². The molecule has 2 heteroatoms. The van der Waals surface area contributed by atoms with Crippen LogP contribution in [0.1, 0.15) is 24.1 Å². The van der Waals surface area contributed by atoms with Crippen LogP contribution < -0.4 is 0 Å². The van der Waals surface area contributed by atoms with Crippen molar-refractivity contribution in [3.05, 3.63) is 71.9 Å². The van der Waals surface area contributed by atoms with E-state index in [0.29, 0.717) is 6.04 Å². The minimum Gasteiger partial charge on any atom is -0.340 e. The normalized spacial score (nSPS) is 12.5. The maximum atomic E-state index is 7.47. The Balaban J connectivity index is 2.14. The fraction of sp³-hybridized carbons (Fsp3) is 0.118. The van der Waals surface area contributed by atoms with Crippen molar-refractivity contribution in [2.24, 2.45) is 0 Å². The molecule has 3 rings (SSSR count). The van der Waals surface area contributed by atoms with Gasteiger partial charge in [0, 0.05) is 28.9 Å². The number of hydrogen-bond donors (Lipinski definition) is 1. The van der Waals surface area contributed by atoms with Crippen molar-refractivity contribution in [2.75, 3.05) is 0 Å². The number of nitrogens with one attached hydrogen (secondary N) is 1. The molecule has 0 saturated carbocycles. The molecule has 1 atom stereocenters. The highest BCUT2D eigenvalue weighted by Crippen LogP contribution is 2.26. The van der Waals surface area contributed by atoms with Crippen molar-refractivity contribution in [2.45, 2.75) is 13.0 Å². The molecule has 1 unspecified atom stereocenters. The van der Waals surface area contributed by atoms with E-state index in [1.807, 2.05) is 18.2 Å². The van der Waals surface area contributed by atoms with E-state index in [0.717, 1.165) is 10.9 Å². The van der Waals surface area contributed by atoms with Crippen LogP contribution in [0.4, 0.5) is 0 Å². The molecule has 0 radical (unpaired) electrons. The average Bonchev–Trinajstić information content (AvgIpc) is 2.91. The summed E-state index contributed by atoms with van der Waals surface area (Å²) in [5.41, 5.74) is 3.44. The first kappa shape index (κ1) is 11.7. The summed E-state index contributed by atoms with van der Waals surface area (Å²) in [4.78, 5) is 0. The largest absolute Gasteiger partial charge is 0.340 e. The van der Waals surface area contributed by atoms with Crippen molar-refractivity contribution in [3.63, 3.8) is 0 Å². The van der Waals surface area contributed by atoms with Gasteiger partial charge in [0.25, 0.3) is 0 Å². The van der Waals surface area contributed by atoms with Crippen LogP contribution in [0.25, 0.3) is 10.9 Å². The fourth-order valence-corrected chi connectivity index (χ4v) is 2.57. The highest BCUT2D eigenvalue weighted by molar-refractivity contribution is 5.98. The van der Waals surface area contributed by atoms with Crippen LogP contribution in [-0.2, 0) is 0 Å². The number of aromatic nitrogens is 1. The zero-order chi connectivity index (χ0) is 13.2. The summed E-state index contributed by atoms with van der Waals surface area (Å²) in [6, 6.07) is 19.0. The number of benzene rings is 2. The van der Waals surface area contributed by atoms with Crippen molar-refractivity contribution in [1.82, 2.24) is 4.57 Å². The third-order valence-corrected chi connectivity index (χ3v) is 3.65. The monoisotopic (exact) mass is 248 g/mol. The SMILES string of the molecule is CC(c1ccccc1)n1ccc2c(C=N)cccc21. The van der Waals surface area contributed by atoms with Crippen molar-refractivity contribution < 1.29 is 0 Å². The Morgan fingerprint density at radius 1 is 1.00 bits per heavy atom. The highest BCUT2D eigenvalue weighted by Gasteiger charge is 2.11. The van der Waals surface area contributed by atoms with Gasteiger partial charge in [-0.3, -0.25) is 0 Å². The standard InChI is InChI=1S/C17H16N2/c1-13(14-6-3-2-4-7-14)19-11-10-16-15(12-18)8-5-9-17(16)19/h2-13,18H,1H3. The summed E-state index contributed by atoms with van der Waals surface area (Å²) in [5, 5.41) is 8.61. The summed E-state index contributed by atoms with van der Waals surface area (Å²) in [6.07, 6.45) is 3.52. The minimum atomic E-state index is 0.291. The molecular weight excluding hydrogens is 232 g/mol. The maximum Gasteiger partial charge on any atom is 0.0557 e. The molecule has 0 bridgehead atoms. The summed E-state index contributed by atoms with van der Waals surface area (Å²) in [5.74, 6) is 0. The highest BCUT2D eigenvalue weighted by atomic mass is 15.0. The number of nitrogens with zero attached hydrogens (tertiary/aromatic N) is 1. The van der Waals surface area contributed by atoms with Gasteiger partial charge in [0.05, 0.1) is 6.04 Å². The first-order valence-corrected chi connectivity index (χ1v) is 6.46. The molecule has 19 heavy (non-hydrogen) atoms. The van der Waals surface area contributed by atoms with Crippen LogP contribution in [0.3, 0.4) is 0 Å². The van der Waals surface area contributed by atoms with E-state index >= 15 is 0 Å². The second-order valence-corrected chi connectivity index (χ2v) is 4.73. The van der Waals surface area contributed by atoms with E-state index in [4.69, 9.17) is 5.41 Å². The molecule has 1 aromatic heterocycles. The minimum absolute atomic E-state index is 0.291. The van der Waals surface area contributed by atoms with Gasteiger partial charge in [-0.05, 0) is 24.6 Å². The first-order chi connectivity index (χ1) is 9.31. The fourth-order valence-electron chi connectivity index (χ4n) is 2.57. The van der Waals surface area contributed by atoms with Gasteiger partial charge in [0.1, 0.15) is 0 Å². The molecule has 0 spiro atoms. The molecule has 0 aliphatic heterocycles. The van der Waals surface area contributed by atoms with E-state index in [2.05, 4.69) is 54.1 Å². The third-order valence-electron chi connectivity index (χ3n) is 3.65. The average molecular weight is 248 g/mol. The Morgan fingerprint density at radius 3 is 2.53 bits per heavy atom. The number of hydrogen-bond acceptors (Lipinski definition) is 1. The van der Waals surface area contributed by atoms with Gasteiger partial charge in [-0.2, -0.15) is 0 Å². The Labute approximate surface area is 112 Å². The molecule has 3 aromatic rings. The predicted molar refractivity (Wildman–Crippen MR) is 80.1 cm³/mol. The van der Waals surface area contributed by atoms with E-state index in [1.165, 1.54) is 17.3 Å². The van der Waals surface area contributed by atoms with Crippen LogP contribution in [0, 0.1) is 5.41 Å².